The molecule has 1 heterocycles. The molecule has 1 unspecified atom stereocenters. The molecule has 6 heteroatoms. The molecule has 1 aromatic rings. The molecule has 0 amide bonds. The van der Waals surface area contributed by atoms with Crippen molar-refractivity contribution in [1.82, 2.24) is 10.2 Å². The third-order valence-electron chi connectivity index (χ3n) is 1.38. The smallest absolute Gasteiger partial charge is 0.212 e. The van der Waals surface area contributed by atoms with Crippen LogP contribution in [0, 0.1) is 4.78 Å². The van der Waals surface area contributed by atoms with E-state index in [9.17, 15) is 4.21 Å². The van der Waals surface area contributed by atoms with Crippen LogP contribution in [0.2, 0.25) is 0 Å². The summed E-state index contributed by atoms with van der Waals surface area (Å²) in [6.07, 6.45) is 1.36. The summed E-state index contributed by atoms with van der Waals surface area (Å²) in [6, 6.07) is 0. The van der Waals surface area contributed by atoms with Gasteiger partial charge in [0, 0.05) is 11.7 Å². The molecule has 13 heavy (non-hydrogen) atoms. The van der Waals surface area contributed by atoms with E-state index in [0.717, 1.165) is 5.01 Å². The van der Waals surface area contributed by atoms with Crippen LogP contribution in [0.3, 0.4) is 0 Å². The van der Waals surface area contributed by atoms with E-state index in [1.54, 1.807) is 0 Å². The Morgan fingerprint density at radius 3 is 2.15 bits per heavy atom. The van der Waals surface area contributed by atoms with E-state index in [4.69, 9.17) is 4.78 Å². The summed E-state index contributed by atoms with van der Waals surface area (Å²) in [4.78, 5) is 0. The van der Waals surface area contributed by atoms with Crippen LogP contribution in [-0.4, -0.2) is 20.7 Å². The van der Waals surface area contributed by atoms with Crippen LogP contribution < -0.4 is 0 Å². The fraction of sp³-hybridized carbons (Fsp3) is 0.714. The van der Waals surface area contributed by atoms with Crippen LogP contribution in [0.15, 0.2) is 4.34 Å². The zero-order valence-electron chi connectivity index (χ0n) is 8.12. The molecule has 0 bridgehead atoms. The Bertz CT molecular complexity index is 400. The molecule has 1 atom stereocenters. The Kier molecular flexibility index (Phi) is 2.46. The van der Waals surface area contributed by atoms with Gasteiger partial charge in [0.2, 0.25) is 4.34 Å². The normalized spacial score (nSPS) is 16.9. The molecule has 0 aliphatic carbocycles. The Morgan fingerprint density at radius 1 is 1.38 bits per heavy atom. The van der Waals surface area contributed by atoms with Crippen molar-refractivity contribution in [3.63, 3.8) is 0 Å². The second-order valence-electron chi connectivity index (χ2n) is 3.97. The third kappa shape index (κ3) is 2.47. The number of rotatable bonds is 1. The molecule has 0 saturated heterocycles. The maximum atomic E-state index is 11.3. The highest BCUT2D eigenvalue weighted by Crippen LogP contribution is 2.27. The lowest BCUT2D eigenvalue weighted by atomic mass is 9.98. The molecule has 74 valence electrons. The van der Waals surface area contributed by atoms with E-state index in [1.807, 2.05) is 20.8 Å². The molecule has 0 radical (unpaired) electrons. The maximum Gasteiger partial charge on any atom is 0.212 e. The van der Waals surface area contributed by atoms with Gasteiger partial charge in [-0.05, 0) is 0 Å². The molecular weight excluding hydrogens is 206 g/mol. The lowest BCUT2D eigenvalue weighted by Gasteiger charge is -2.12. The van der Waals surface area contributed by atoms with Crippen LogP contribution in [0.4, 0.5) is 0 Å². The van der Waals surface area contributed by atoms with E-state index < -0.39 is 9.73 Å². The first-order valence-electron chi connectivity index (χ1n) is 3.79. The Balaban J connectivity index is 3.16. The van der Waals surface area contributed by atoms with E-state index in [1.165, 1.54) is 17.6 Å². The van der Waals surface area contributed by atoms with Crippen molar-refractivity contribution in [1.29, 1.82) is 4.78 Å². The predicted molar refractivity (Wildman–Crippen MR) is 53.7 cm³/mol. The van der Waals surface area contributed by atoms with Crippen LogP contribution in [0.1, 0.15) is 25.8 Å². The largest absolute Gasteiger partial charge is 0.247 e. The molecule has 1 N–H and O–H groups in total. The quantitative estimate of drug-likeness (QED) is 0.784. The molecule has 4 nitrogen and oxygen atoms in total. The summed E-state index contributed by atoms with van der Waals surface area (Å²) in [5, 5.41) is 8.51. The fourth-order valence-electron chi connectivity index (χ4n) is 0.670. The Morgan fingerprint density at radius 2 is 1.92 bits per heavy atom. The third-order valence-corrected chi connectivity index (χ3v) is 4.48. The van der Waals surface area contributed by atoms with Gasteiger partial charge in [-0.1, -0.05) is 32.1 Å². The Hall–Kier alpha value is -0.490. The van der Waals surface area contributed by atoms with E-state index in [-0.39, 0.29) is 5.41 Å². The first-order chi connectivity index (χ1) is 5.71. The van der Waals surface area contributed by atoms with Gasteiger partial charge >= 0.3 is 0 Å². The Labute approximate surface area is 82.4 Å². The number of nitrogens with one attached hydrogen (secondary N) is 1. The molecule has 0 aromatic carbocycles. The average Bonchev–Trinajstić information content (AvgIpc) is 2.28. The van der Waals surface area contributed by atoms with Crippen LogP contribution in [0.5, 0.6) is 0 Å². The molecule has 0 fully saturated rings. The van der Waals surface area contributed by atoms with Gasteiger partial charge in [-0.25, -0.2) is 8.99 Å². The maximum absolute atomic E-state index is 11.3. The summed E-state index contributed by atoms with van der Waals surface area (Å²) >= 11 is 1.26. The van der Waals surface area contributed by atoms with Crippen LogP contribution in [0.25, 0.3) is 0 Å². The first kappa shape index (κ1) is 10.6. The number of hydrogen-bond acceptors (Lipinski definition) is 5. The number of nitrogens with zero attached hydrogens (tertiary/aromatic N) is 2. The monoisotopic (exact) mass is 219 g/mol. The van der Waals surface area contributed by atoms with E-state index >= 15 is 0 Å². The second-order valence-corrected chi connectivity index (χ2v) is 7.28. The molecule has 0 spiro atoms. The summed E-state index contributed by atoms with van der Waals surface area (Å²) < 4.78 is 18.9. The zero-order valence-corrected chi connectivity index (χ0v) is 9.75. The summed E-state index contributed by atoms with van der Waals surface area (Å²) in [5.74, 6) is 0. The highest BCUT2D eigenvalue weighted by Gasteiger charge is 2.21. The zero-order chi connectivity index (χ0) is 10.3. The number of aromatic nitrogens is 2. The lowest BCUT2D eigenvalue weighted by molar-refractivity contribution is 0.577. The van der Waals surface area contributed by atoms with E-state index in [2.05, 4.69) is 10.2 Å². The van der Waals surface area contributed by atoms with Crippen molar-refractivity contribution in [2.24, 2.45) is 0 Å². The molecule has 1 rings (SSSR count). The van der Waals surface area contributed by atoms with Gasteiger partial charge < -0.3 is 0 Å². The minimum Gasteiger partial charge on any atom is -0.247 e. The standard InChI is InChI=1S/C7H13N3OS2/c1-7(2,3)5-9-10-6(12-5)13(4,8)11/h8H,1-4H3. The second kappa shape index (κ2) is 3.02. The highest BCUT2D eigenvalue weighted by atomic mass is 32.2. The minimum absolute atomic E-state index is 0.0827. The molecule has 0 aliphatic rings. The topological polar surface area (TPSA) is 66.7 Å². The van der Waals surface area contributed by atoms with Gasteiger partial charge in [-0.15, -0.1) is 10.2 Å². The molecule has 0 saturated carbocycles. The molecule has 0 aliphatic heterocycles. The lowest BCUT2D eigenvalue weighted by Crippen LogP contribution is -2.10. The van der Waals surface area contributed by atoms with Crippen LogP contribution >= 0.6 is 11.3 Å². The molecule has 1 aromatic heterocycles. The van der Waals surface area contributed by atoms with Gasteiger partial charge in [0.25, 0.3) is 0 Å². The van der Waals surface area contributed by atoms with Crippen molar-refractivity contribution < 1.29 is 4.21 Å². The van der Waals surface area contributed by atoms with Gasteiger partial charge in [0.05, 0.1) is 9.73 Å². The van der Waals surface area contributed by atoms with Gasteiger partial charge in [-0.3, -0.25) is 0 Å². The summed E-state index contributed by atoms with van der Waals surface area (Å²) in [6.45, 7) is 6.04. The minimum atomic E-state index is -2.70. The van der Waals surface area contributed by atoms with Crippen LogP contribution in [-0.2, 0) is 15.1 Å². The van der Waals surface area contributed by atoms with Crippen molar-refractivity contribution in [3.8, 4) is 0 Å². The van der Waals surface area contributed by atoms with Gasteiger partial charge in [-0.2, -0.15) is 0 Å². The van der Waals surface area contributed by atoms with Gasteiger partial charge in [0.1, 0.15) is 5.01 Å². The van der Waals surface area contributed by atoms with Crippen molar-refractivity contribution >= 4 is 21.1 Å². The van der Waals surface area contributed by atoms with Crippen molar-refractivity contribution in [2.45, 2.75) is 30.5 Å². The number of hydrogen-bond donors (Lipinski definition) is 1. The van der Waals surface area contributed by atoms with Gasteiger partial charge in [0.15, 0.2) is 0 Å². The first-order valence-corrected chi connectivity index (χ1v) is 6.57. The van der Waals surface area contributed by atoms with Crippen molar-refractivity contribution in [2.75, 3.05) is 6.26 Å². The predicted octanol–water partition coefficient (Wildman–Crippen LogP) is 1.87. The average molecular weight is 219 g/mol. The fourth-order valence-corrected chi connectivity index (χ4v) is 2.37. The van der Waals surface area contributed by atoms with E-state index in [0.29, 0.717) is 4.34 Å². The molecular formula is C7H13N3OS2. The SMILES string of the molecule is CC(C)(C)c1nnc(S(C)(=N)=O)s1. The summed E-state index contributed by atoms with van der Waals surface area (Å²) in [5.41, 5.74) is -0.0827. The summed E-state index contributed by atoms with van der Waals surface area (Å²) in [7, 11) is -2.70. The highest BCUT2D eigenvalue weighted by molar-refractivity contribution is 7.93. The van der Waals surface area contributed by atoms with Crippen molar-refractivity contribution in [3.05, 3.63) is 5.01 Å².